The fourth-order valence-electron chi connectivity index (χ4n) is 6.14. The number of aromatic nitrogens is 6. The van der Waals surface area contributed by atoms with Crippen molar-refractivity contribution in [2.45, 2.75) is 32.5 Å². The van der Waals surface area contributed by atoms with Gasteiger partial charge < -0.3 is 30.5 Å². The Morgan fingerprint density at radius 1 is 1.12 bits per heavy atom. The summed E-state index contributed by atoms with van der Waals surface area (Å²) in [6.45, 7) is 3.46. The SMILES string of the molecule is C[C@H]1CN(C)CCN1c1cc(NC(=O)Cn2cc(-c3cc(F)c(O)c(C(N)=O)c3)c3c(=O)n(CCC(=O)c4cnn(C)c4)cnc32)c(Cl)c(F)n1. The maximum absolute atomic E-state index is 14.9. The summed E-state index contributed by atoms with van der Waals surface area (Å²) in [5, 5.41) is 16.2. The average Bonchev–Trinajstić information content (AvgIpc) is 3.67. The van der Waals surface area contributed by atoms with E-state index in [1.54, 1.807) is 13.2 Å². The van der Waals surface area contributed by atoms with E-state index in [9.17, 15) is 33.1 Å². The molecular formula is C33H33ClF2N10O5. The van der Waals surface area contributed by atoms with E-state index in [1.165, 1.54) is 38.6 Å². The summed E-state index contributed by atoms with van der Waals surface area (Å²) in [4.78, 5) is 64.6. The number of fused-ring (bicyclic) bond motifs is 1. The number of likely N-dealkylation sites (N-methyl/N-ethyl adjacent to an activating group) is 1. The normalized spacial score (nSPS) is 15.0. The summed E-state index contributed by atoms with van der Waals surface area (Å²) in [6.07, 6.45) is 5.45. The first-order valence-corrected chi connectivity index (χ1v) is 16.1. The fraction of sp³-hybridized carbons (Fsp3) is 0.303. The van der Waals surface area contributed by atoms with Crippen molar-refractivity contribution in [1.82, 2.24) is 33.8 Å². The summed E-state index contributed by atoms with van der Waals surface area (Å²) in [6, 6.07) is 3.51. The number of aryl methyl sites for hydroxylation is 2. The first-order valence-electron chi connectivity index (χ1n) is 15.8. The van der Waals surface area contributed by atoms with E-state index in [2.05, 4.69) is 25.3 Å². The van der Waals surface area contributed by atoms with E-state index in [0.29, 0.717) is 17.9 Å². The van der Waals surface area contributed by atoms with Crippen LogP contribution in [0.25, 0.3) is 22.2 Å². The number of anilines is 2. The minimum absolute atomic E-state index is 0.00745. The molecule has 2 amide bonds. The predicted molar refractivity (Wildman–Crippen MR) is 184 cm³/mol. The molecule has 4 N–H and O–H groups in total. The molecular weight excluding hydrogens is 690 g/mol. The van der Waals surface area contributed by atoms with Gasteiger partial charge in [0.05, 0.1) is 34.7 Å². The molecule has 0 unspecified atom stereocenters. The lowest BCUT2D eigenvalue weighted by molar-refractivity contribution is -0.116. The fourth-order valence-corrected chi connectivity index (χ4v) is 6.28. The molecule has 4 aromatic heterocycles. The number of nitrogens with two attached hydrogens (primary N) is 1. The smallest absolute Gasteiger partial charge is 0.263 e. The number of pyridine rings is 1. The number of halogens is 3. The van der Waals surface area contributed by atoms with Gasteiger partial charge in [0.2, 0.25) is 11.9 Å². The van der Waals surface area contributed by atoms with Crippen molar-refractivity contribution in [2.75, 3.05) is 36.9 Å². The summed E-state index contributed by atoms with van der Waals surface area (Å²) in [7, 11) is 3.65. The highest BCUT2D eigenvalue weighted by Crippen LogP contribution is 2.34. The van der Waals surface area contributed by atoms with Crippen molar-refractivity contribution in [3.63, 3.8) is 0 Å². The summed E-state index contributed by atoms with van der Waals surface area (Å²) < 4.78 is 33.8. The van der Waals surface area contributed by atoms with Crippen LogP contribution in [0.15, 0.2) is 47.9 Å². The van der Waals surface area contributed by atoms with Gasteiger partial charge in [-0.15, -0.1) is 0 Å². The van der Waals surface area contributed by atoms with Crippen LogP contribution in [0.3, 0.4) is 0 Å². The van der Waals surface area contributed by atoms with Crippen molar-refractivity contribution < 1.29 is 28.3 Å². The second-order valence-corrected chi connectivity index (χ2v) is 12.8. The number of ketones is 1. The molecule has 1 saturated heterocycles. The van der Waals surface area contributed by atoms with Gasteiger partial charge in [-0.2, -0.15) is 9.49 Å². The summed E-state index contributed by atoms with van der Waals surface area (Å²) in [5.74, 6) is -4.87. The number of primary amides is 1. The van der Waals surface area contributed by atoms with Gasteiger partial charge in [-0.25, -0.2) is 14.4 Å². The molecule has 0 spiro atoms. The maximum atomic E-state index is 14.9. The average molecular weight is 723 g/mol. The van der Waals surface area contributed by atoms with Crippen LogP contribution in [-0.4, -0.2) is 89.2 Å². The Labute approximate surface area is 293 Å². The minimum atomic E-state index is -1.17. The molecule has 1 aromatic carbocycles. The van der Waals surface area contributed by atoms with Crippen molar-refractivity contribution >= 4 is 51.7 Å². The highest BCUT2D eigenvalue weighted by Gasteiger charge is 2.26. The van der Waals surface area contributed by atoms with Crippen molar-refractivity contribution in [3.8, 4) is 16.9 Å². The Balaban J connectivity index is 1.36. The lowest BCUT2D eigenvalue weighted by Gasteiger charge is -2.39. The number of nitrogens with zero attached hydrogens (tertiary/aromatic N) is 8. The largest absolute Gasteiger partial charge is 0.504 e. The number of carbonyl (C=O) groups excluding carboxylic acids is 3. The second-order valence-electron chi connectivity index (χ2n) is 12.4. The van der Waals surface area contributed by atoms with Crippen LogP contribution in [0.2, 0.25) is 5.02 Å². The Bertz CT molecular complexity index is 2270. The zero-order valence-electron chi connectivity index (χ0n) is 27.7. The highest BCUT2D eigenvalue weighted by molar-refractivity contribution is 6.33. The topological polar surface area (TPSA) is 186 Å². The summed E-state index contributed by atoms with van der Waals surface area (Å²) in [5.41, 5.74) is 4.59. The number of hydrogen-bond acceptors (Lipinski definition) is 10. The van der Waals surface area contributed by atoms with Gasteiger partial charge in [-0.1, -0.05) is 11.6 Å². The van der Waals surface area contributed by atoms with Crippen molar-refractivity contribution in [1.29, 1.82) is 0 Å². The first-order chi connectivity index (χ1) is 24.2. The number of Topliss-reactive ketones (excluding diaryl/α,β-unsaturated/α-hetero) is 1. The molecule has 0 radical (unpaired) electrons. The van der Waals surface area contributed by atoms with E-state index in [1.807, 2.05) is 18.9 Å². The number of amides is 2. The molecule has 0 aliphatic carbocycles. The zero-order chi connectivity index (χ0) is 36.7. The Morgan fingerprint density at radius 3 is 2.57 bits per heavy atom. The van der Waals surface area contributed by atoms with Gasteiger partial charge in [0.15, 0.2) is 17.3 Å². The van der Waals surface area contributed by atoms with E-state index in [4.69, 9.17) is 17.3 Å². The number of piperazine rings is 1. The van der Waals surface area contributed by atoms with Crippen LogP contribution in [0.4, 0.5) is 20.3 Å². The molecule has 51 heavy (non-hydrogen) atoms. The Morgan fingerprint density at radius 2 is 1.88 bits per heavy atom. The van der Waals surface area contributed by atoms with Gasteiger partial charge in [-0.05, 0) is 31.7 Å². The number of aromatic hydroxyl groups is 1. The molecule has 15 nitrogen and oxygen atoms in total. The Kier molecular flexibility index (Phi) is 9.59. The van der Waals surface area contributed by atoms with Crippen LogP contribution < -0.4 is 21.5 Å². The quantitative estimate of drug-likeness (QED) is 0.143. The highest BCUT2D eigenvalue weighted by atomic mass is 35.5. The number of carbonyl (C=O) groups is 3. The molecule has 5 heterocycles. The van der Waals surface area contributed by atoms with Crippen LogP contribution in [0.5, 0.6) is 5.75 Å². The van der Waals surface area contributed by atoms with E-state index in [0.717, 1.165) is 25.2 Å². The molecule has 0 bridgehead atoms. The van der Waals surface area contributed by atoms with Crippen LogP contribution in [0, 0.1) is 11.8 Å². The van der Waals surface area contributed by atoms with Gasteiger partial charge in [0.25, 0.3) is 11.5 Å². The first kappa shape index (κ1) is 35.2. The number of hydrogen-bond donors (Lipinski definition) is 3. The molecule has 1 fully saturated rings. The second kappa shape index (κ2) is 13.9. The number of phenols is 1. The zero-order valence-corrected chi connectivity index (χ0v) is 28.5. The third-order valence-electron chi connectivity index (χ3n) is 8.71. The molecule has 18 heteroatoms. The Hall–Kier alpha value is -5.68. The lowest BCUT2D eigenvalue weighted by atomic mass is 10.0. The van der Waals surface area contributed by atoms with E-state index < -0.39 is 52.0 Å². The number of rotatable bonds is 10. The van der Waals surface area contributed by atoms with E-state index >= 15 is 0 Å². The molecule has 0 saturated carbocycles. The van der Waals surface area contributed by atoms with Crippen LogP contribution in [-0.2, 0) is 24.9 Å². The van der Waals surface area contributed by atoms with Crippen LogP contribution >= 0.6 is 11.6 Å². The lowest BCUT2D eigenvalue weighted by Crippen LogP contribution is -2.50. The summed E-state index contributed by atoms with van der Waals surface area (Å²) >= 11 is 6.22. The van der Waals surface area contributed by atoms with E-state index in [-0.39, 0.29) is 52.6 Å². The third kappa shape index (κ3) is 7.02. The molecule has 1 aliphatic heterocycles. The molecule has 5 aromatic rings. The van der Waals surface area contributed by atoms with Gasteiger partial charge in [0, 0.05) is 69.7 Å². The van der Waals surface area contributed by atoms with Crippen LogP contribution in [0.1, 0.15) is 34.1 Å². The van der Waals surface area contributed by atoms with Gasteiger partial charge in [0.1, 0.15) is 23.0 Å². The number of benzene rings is 1. The van der Waals surface area contributed by atoms with Gasteiger partial charge in [-0.3, -0.25) is 28.4 Å². The van der Waals surface area contributed by atoms with Crippen molar-refractivity contribution in [3.05, 3.63) is 81.4 Å². The number of nitrogens with one attached hydrogen (secondary N) is 1. The molecule has 6 rings (SSSR count). The van der Waals surface area contributed by atoms with Gasteiger partial charge >= 0.3 is 0 Å². The predicted octanol–water partition coefficient (Wildman–Crippen LogP) is 2.78. The molecule has 1 atom stereocenters. The monoisotopic (exact) mass is 722 g/mol. The minimum Gasteiger partial charge on any atom is -0.504 e. The molecule has 1 aliphatic rings. The maximum Gasteiger partial charge on any atom is 0.263 e. The third-order valence-corrected chi connectivity index (χ3v) is 9.07. The molecule has 266 valence electrons. The van der Waals surface area contributed by atoms with Crippen molar-refractivity contribution in [2.24, 2.45) is 12.8 Å². The standard InChI is InChI=1S/C33H33ClF2N10O5/c1-17-12-42(2)6-7-46(17)25-10-23(28(34)30(36)41-25)40-26(48)15-45-14-21(18-8-20(31(37)50)29(49)22(35)9-18)27-32(45)38-16-44(33(27)51)5-4-24(47)19-11-39-43(3)13-19/h8-11,13-14,16-17,49H,4-7,12,15H2,1-3H3,(H2,37,50)(H,40,41,48)/t17-/m0/s1.